The summed E-state index contributed by atoms with van der Waals surface area (Å²) >= 11 is 1.67. The Morgan fingerprint density at radius 1 is 1.00 bits per heavy atom. The summed E-state index contributed by atoms with van der Waals surface area (Å²) in [6, 6.07) is 17.8. The van der Waals surface area contributed by atoms with Crippen LogP contribution in [-0.4, -0.2) is 56.9 Å². The first-order valence-corrected chi connectivity index (χ1v) is 12.1. The van der Waals surface area contributed by atoms with Crippen molar-refractivity contribution in [2.75, 3.05) is 26.2 Å². The highest BCUT2D eigenvalue weighted by Crippen LogP contribution is 2.29. The van der Waals surface area contributed by atoms with Crippen LogP contribution in [0.5, 0.6) is 0 Å². The molecule has 3 heterocycles. The predicted octanol–water partition coefficient (Wildman–Crippen LogP) is 3.39. The van der Waals surface area contributed by atoms with E-state index in [4.69, 9.17) is 0 Å². The molecule has 1 saturated heterocycles. The number of hydrogen-bond acceptors (Lipinski definition) is 6. The first-order chi connectivity index (χ1) is 16.6. The topological polar surface area (TPSA) is 71.3 Å². The standard InChI is InChI=1S/C25H24FN5O2S/c26-19-5-3-4-18(16-19)23-9-8-20(34-23)17-29-12-14-30(15-13-29)24(32)10-11-31-25(33)21-6-1-2-7-22(21)27-28-31/h1-9,16H,10-15,17H2. The molecule has 174 valence electrons. The van der Waals surface area contributed by atoms with Gasteiger partial charge in [0.05, 0.1) is 11.9 Å². The van der Waals surface area contributed by atoms with Gasteiger partial charge in [0, 0.05) is 48.9 Å². The molecule has 1 aliphatic rings. The van der Waals surface area contributed by atoms with E-state index >= 15 is 0 Å². The molecule has 0 atom stereocenters. The SMILES string of the molecule is O=C(CCn1nnc2ccccc2c1=O)N1CCN(Cc2ccc(-c3cccc(F)c3)s2)CC1. The number of hydrogen-bond donors (Lipinski definition) is 0. The summed E-state index contributed by atoms with van der Waals surface area (Å²) in [7, 11) is 0. The zero-order chi connectivity index (χ0) is 23.5. The van der Waals surface area contributed by atoms with Crippen LogP contribution in [0.1, 0.15) is 11.3 Å². The maximum absolute atomic E-state index is 13.5. The number of rotatable bonds is 6. The van der Waals surface area contributed by atoms with E-state index in [1.165, 1.54) is 15.6 Å². The molecule has 2 aromatic carbocycles. The monoisotopic (exact) mass is 477 g/mol. The summed E-state index contributed by atoms with van der Waals surface area (Å²) in [5, 5.41) is 8.55. The molecule has 34 heavy (non-hydrogen) atoms. The summed E-state index contributed by atoms with van der Waals surface area (Å²) < 4.78 is 14.8. The number of nitrogens with zero attached hydrogens (tertiary/aromatic N) is 5. The second-order valence-corrected chi connectivity index (χ2v) is 9.49. The Balaban J connectivity index is 1.13. The molecule has 0 N–H and O–H groups in total. The number of benzene rings is 2. The van der Waals surface area contributed by atoms with Gasteiger partial charge in [-0.25, -0.2) is 9.07 Å². The van der Waals surface area contributed by atoms with Crippen LogP contribution in [-0.2, 0) is 17.9 Å². The molecule has 7 nitrogen and oxygen atoms in total. The fourth-order valence-electron chi connectivity index (χ4n) is 4.16. The van der Waals surface area contributed by atoms with Crippen molar-refractivity contribution >= 4 is 28.1 Å². The van der Waals surface area contributed by atoms with E-state index < -0.39 is 0 Å². The smallest absolute Gasteiger partial charge is 0.277 e. The highest BCUT2D eigenvalue weighted by atomic mass is 32.1. The number of fused-ring (bicyclic) bond motifs is 1. The highest BCUT2D eigenvalue weighted by molar-refractivity contribution is 7.15. The molecule has 1 aliphatic heterocycles. The van der Waals surface area contributed by atoms with Gasteiger partial charge in [-0.1, -0.05) is 29.5 Å². The molecule has 0 bridgehead atoms. The Morgan fingerprint density at radius 3 is 2.65 bits per heavy atom. The van der Waals surface area contributed by atoms with Gasteiger partial charge in [0.1, 0.15) is 11.3 Å². The fourth-order valence-corrected chi connectivity index (χ4v) is 5.21. The molecule has 0 saturated carbocycles. The van der Waals surface area contributed by atoms with E-state index in [9.17, 15) is 14.0 Å². The third-order valence-corrected chi connectivity index (χ3v) is 7.16. The summed E-state index contributed by atoms with van der Waals surface area (Å²) in [5.74, 6) is -0.211. The highest BCUT2D eigenvalue weighted by Gasteiger charge is 2.22. The summed E-state index contributed by atoms with van der Waals surface area (Å²) in [4.78, 5) is 31.7. The number of halogens is 1. The largest absolute Gasteiger partial charge is 0.340 e. The van der Waals surface area contributed by atoms with E-state index in [0.29, 0.717) is 24.0 Å². The molecule has 0 spiro atoms. The average Bonchev–Trinajstić information content (AvgIpc) is 3.33. The van der Waals surface area contributed by atoms with Gasteiger partial charge in [0.25, 0.3) is 5.56 Å². The van der Waals surface area contributed by atoms with Gasteiger partial charge < -0.3 is 4.90 Å². The van der Waals surface area contributed by atoms with Gasteiger partial charge in [-0.05, 0) is 42.0 Å². The Labute approximate surface area is 200 Å². The first kappa shape index (κ1) is 22.4. The van der Waals surface area contributed by atoms with Crippen LogP contribution in [0.3, 0.4) is 0 Å². The summed E-state index contributed by atoms with van der Waals surface area (Å²) in [5.41, 5.74) is 1.22. The van der Waals surface area contributed by atoms with E-state index in [0.717, 1.165) is 30.1 Å². The molecular formula is C25H24FN5O2S. The van der Waals surface area contributed by atoms with Gasteiger partial charge in [-0.3, -0.25) is 14.5 Å². The number of carbonyl (C=O) groups excluding carboxylic acids is 1. The van der Waals surface area contributed by atoms with Crippen molar-refractivity contribution in [2.45, 2.75) is 19.5 Å². The Hall–Kier alpha value is -3.43. The van der Waals surface area contributed by atoms with Gasteiger partial charge >= 0.3 is 0 Å². The zero-order valence-corrected chi connectivity index (χ0v) is 19.4. The molecule has 9 heteroatoms. The minimum absolute atomic E-state index is 0.0195. The van der Waals surface area contributed by atoms with Crippen LogP contribution in [0, 0.1) is 5.82 Å². The molecule has 1 amide bonds. The van der Waals surface area contributed by atoms with Crippen LogP contribution < -0.4 is 5.56 Å². The van der Waals surface area contributed by atoms with Crippen LogP contribution in [0.4, 0.5) is 4.39 Å². The first-order valence-electron chi connectivity index (χ1n) is 11.2. The van der Waals surface area contributed by atoms with E-state index in [-0.39, 0.29) is 30.2 Å². The number of aryl methyl sites for hydroxylation is 1. The lowest BCUT2D eigenvalue weighted by Gasteiger charge is -2.34. The predicted molar refractivity (Wildman–Crippen MR) is 130 cm³/mol. The van der Waals surface area contributed by atoms with Crippen molar-refractivity contribution in [3.05, 3.63) is 81.7 Å². The lowest BCUT2D eigenvalue weighted by atomic mass is 10.2. The van der Waals surface area contributed by atoms with E-state index in [1.807, 2.05) is 23.1 Å². The van der Waals surface area contributed by atoms with Crippen molar-refractivity contribution in [1.29, 1.82) is 0 Å². The van der Waals surface area contributed by atoms with Crippen molar-refractivity contribution < 1.29 is 9.18 Å². The third kappa shape index (κ3) is 4.90. The molecule has 0 aliphatic carbocycles. The molecule has 5 rings (SSSR count). The van der Waals surface area contributed by atoms with Gasteiger partial charge in [0.15, 0.2) is 0 Å². The minimum Gasteiger partial charge on any atom is -0.340 e. The number of carbonyl (C=O) groups is 1. The van der Waals surface area contributed by atoms with Crippen molar-refractivity contribution in [2.24, 2.45) is 0 Å². The molecule has 0 unspecified atom stereocenters. The Bertz CT molecular complexity index is 1380. The number of thiophene rings is 1. The molecule has 4 aromatic rings. The maximum Gasteiger partial charge on any atom is 0.277 e. The summed E-state index contributed by atoms with van der Waals surface area (Å²) in [6.45, 7) is 3.90. The zero-order valence-electron chi connectivity index (χ0n) is 18.6. The average molecular weight is 478 g/mol. The quantitative estimate of drug-likeness (QED) is 0.426. The van der Waals surface area contributed by atoms with E-state index in [1.54, 1.807) is 41.7 Å². The second kappa shape index (κ2) is 9.82. The van der Waals surface area contributed by atoms with Crippen molar-refractivity contribution in [3.8, 4) is 10.4 Å². The van der Waals surface area contributed by atoms with Crippen LogP contribution in [0.2, 0.25) is 0 Å². The number of amides is 1. The number of piperazine rings is 1. The van der Waals surface area contributed by atoms with Crippen LogP contribution >= 0.6 is 11.3 Å². The van der Waals surface area contributed by atoms with Gasteiger partial charge in [-0.2, -0.15) is 0 Å². The summed E-state index contributed by atoms with van der Waals surface area (Å²) in [6.07, 6.45) is 0.217. The number of aromatic nitrogens is 3. The molecule has 1 fully saturated rings. The van der Waals surface area contributed by atoms with Crippen LogP contribution in [0.15, 0.2) is 65.5 Å². The Morgan fingerprint density at radius 2 is 1.82 bits per heavy atom. The van der Waals surface area contributed by atoms with Crippen molar-refractivity contribution in [3.63, 3.8) is 0 Å². The second-order valence-electron chi connectivity index (χ2n) is 8.32. The third-order valence-electron chi connectivity index (χ3n) is 6.04. The van der Waals surface area contributed by atoms with E-state index in [2.05, 4.69) is 21.3 Å². The van der Waals surface area contributed by atoms with Gasteiger partial charge in [-0.15, -0.1) is 16.4 Å². The normalized spacial score (nSPS) is 14.6. The Kier molecular flexibility index (Phi) is 6.46. The lowest BCUT2D eigenvalue weighted by Crippen LogP contribution is -2.48. The van der Waals surface area contributed by atoms with Crippen molar-refractivity contribution in [1.82, 2.24) is 24.8 Å². The lowest BCUT2D eigenvalue weighted by molar-refractivity contribution is -0.133. The van der Waals surface area contributed by atoms with Crippen LogP contribution in [0.25, 0.3) is 21.3 Å². The van der Waals surface area contributed by atoms with Gasteiger partial charge in [0.2, 0.25) is 5.91 Å². The fraction of sp³-hybridized carbons (Fsp3) is 0.280. The minimum atomic E-state index is -0.231. The maximum atomic E-state index is 13.5. The molecule has 0 radical (unpaired) electrons. The molecular weight excluding hydrogens is 453 g/mol. The molecule has 2 aromatic heterocycles.